The maximum absolute atomic E-state index is 12.5. The number of hydrogen-bond acceptors (Lipinski definition) is 9. The van der Waals surface area contributed by atoms with Crippen LogP contribution in [0.4, 0.5) is 17.1 Å². The average Bonchev–Trinajstić information content (AvgIpc) is 3.79. The van der Waals surface area contributed by atoms with Crippen molar-refractivity contribution in [3.8, 4) is 5.75 Å². The molecule has 3 aliphatic heterocycles. The standard InChI is InChI=1S/C36H40Cl2N6O5/c37-27-1-10-33(34(38)20-27)36(23-44-25-39-24-40-44)48-22-32(49-36)21-47-31-8-6-30(7-9-31)43-15-13-42(14-16-43)29-4-2-28(3-5-29)41-35(45)19-26-11-17-46-18-12-26/h1-10,20,24-26,32H,11-19,21-23H2,(H,41,45)/t32-,36-/m1/s1. The lowest BCUT2D eigenvalue weighted by molar-refractivity contribution is -0.190. The van der Waals surface area contributed by atoms with E-state index in [0.717, 1.165) is 75.0 Å². The predicted octanol–water partition coefficient (Wildman–Crippen LogP) is 6.01. The van der Waals surface area contributed by atoms with E-state index in [0.29, 0.717) is 41.2 Å². The van der Waals surface area contributed by atoms with Crippen LogP contribution in [0.1, 0.15) is 24.8 Å². The monoisotopic (exact) mass is 706 g/mol. The number of aromatic nitrogens is 3. The highest BCUT2D eigenvalue weighted by molar-refractivity contribution is 6.35. The number of halogens is 2. The second kappa shape index (κ2) is 15.3. The fourth-order valence-electron chi connectivity index (χ4n) is 6.63. The van der Waals surface area contributed by atoms with Crippen LogP contribution in [0, 0.1) is 5.92 Å². The highest BCUT2D eigenvalue weighted by Crippen LogP contribution is 2.40. The van der Waals surface area contributed by atoms with E-state index in [4.69, 9.17) is 42.1 Å². The summed E-state index contributed by atoms with van der Waals surface area (Å²) >= 11 is 12.7. The minimum atomic E-state index is -1.15. The van der Waals surface area contributed by atoms with Gasteiger partial charge in [0.2, 0.25) is 11.7 Å². The van der Waals surface area contributed by atoms with Gasteiger partial charge in [0, 0.05) is 73.5 Å². The summed E-state index contributed by atoms with van der Waals surface area (Å²) in [7, 11) is 0. The molecule has 0 spiro atoms. The van der Waals surface area contributed by atoms with Crippen LogP contribution >= 0.6 is 23.2 Å². The zero-order valence-electron chi connectivity index (χ0n) is 27.2. The third kappa shape index (κ3) is 8.30. The average molecular weight is 708 g/mol. The first-order valence-corrected chi connectivity index (χ1v) is 17.5. The molecule has 49 heavy (non-hydrogen) atoms. The van der Waals surface area contributed by atoms with Gasteiger partial charge in [0.1, 0.15) is 37.7 Å². The molecule has 0 radical (unpaired) electrons. The van der Waals surface area contributed by atoms with E-state index in [9.17, 15) is 4.79 Å². The molecule has 0 saturated carbocycles. The molecule has 11 nitrogen and oxygen atoms in total. The molecule has 1 aromatic heterocycles. The van der Waals surface area contributed by atoms with Crippen molar-refractivity contribution in [2.24, 2.45) is 5.92 Å². The quantitative estimate of drug-likeness (QED) is 0.201. The summed E-state index contributed by atoms with van der Waals surface area (Å²) in [6, 6.07) is 21.6. The molecule has 4 heterocycles. The smallest absolute Gasteiger partial charge is 0.224 e. The fraction of sp³-hybridized carbons (Fsp3) is 0.417. The van der Waals surface area contributed by atoms with E-state index in [1.807, 2.05) is 30.3 Å². The summed E-state index contributed by atoms with van der Waals surface area (Å²) in [6.07, 6.45) is 5.21. The van der Waals surface area contributed by atoms with Gasteiger partial charge in [-0.1, -0.05) is 29.3 Å². The van der Waals surface area contributed by atoms with Crippen molar-refractivity contribution in [2.75, 3.05) is 67.7 Å². The SMILES string of the molecule is O=C(CC1CCOCC1)Nc1ccc(N2CCN(c3ccc(OC[C@@H]4CO[C@@](Cn5cncn5)(c5ccc(Cl)cc5Cl)O4)cc3)CC2)cc1. The van der Waals surface area contributed by atoms with Crippen LogP contribution in [0.5, 0.6) is 5.75 Å². The Hall–Kier alpha value is -3.87. The maximum Gasteiger partial charge on any atom is 0.224 e. The lowest BCUT2D eigenvalue weighted by Gasteiger charge is -2.37. The van der Waals surface area contributed by atoms with Crippen LogP contribution in [-0.4, -0.2) is 79.4 Å². The van der Waals surface area contributed by atoms with Crippen molar-refractivity contribution in [1.82, 2.24) is 14.8 Å². The fourth-order valence-corrected chi connectivity index (χ4v) is 7.18. The van der Waals surface area contributed by atoms with Gasteiger partial charge in [0.15, 0.2) is 0 Å². The lowest BCUT2D eigenvalue weighted by atomic mass is 9.96. The Morgan fingerprint density at radius 2 is 1.63 bits per heavy atom. The summed E-state index contributed by atoms with van der Waals surface area (Å²) in [5, 5.41) is 8.27. The van der Waals surface area contributed by atoms with Crippen LogP contribution in [-0.2, 0) is 31.3 Å². The molecular weight excluding hydrogens is 667 g/mol. The molecule has 4 aromatic rings. The Morgan fingerprint density at radius 3 is 2.29 bits per heavy atom. The van der Waals surface area contributed by atoms with Gasteiger partial charge in [0.05, 0.1) is 11.6 Å². The minimum absolute atomic E-state index is 0.0755. The van der Waals surface area contributed by atoms with Gasteiger partial charge in [-0.05, 0) is 79.4 Å². The Bertz CT molecular complexity index is 1680. The third-order valence-electron chi connectivity index (χ3n) is 9.29. The molecule has 7 rings (SSSR count). The van der Waals surface area contributed by atoms with E-state index in [2.05, 4.69) is 49.5 Å². The van der Waals surface area contributed by atoms with Crippen LogP contribution in [0.2, 0.25) is 10.0 Å². The van der Waals surface area contributed by atoms with Crippen molar-refractivity contribution in [2.45, 2.75) is 37.7 Å². The zero-order chi connectivity index (χ0) is 33.6. The van der Waals surface area contributed by atoms with E-state index in [1.165, 1.54) is 6.33 Å². The van der Waals surface area contributed by atoms with Crippen molar-refractivity contribution < 1.29 is 23.7 Å². The first-order chi connectivity index (χ1) is 23.9. The summed E-state index contributed by atoms with van der Waals surface area (Å²) in [5.41, 5.74) is 3.82. The predicted molar refractivity (Wildman–Crippen MR) is 189 cm³/mol. The summed E-state index contributed by atoms with van der Waals surface area (Å²) in [6.45, 7) is 6.02. The van der Waals surface area contributed by atoms with Crippen LogP contribution < -0.4 is 19.9 Å². The lowest BCUT2D eigenvalue weighted by Crippen LogP contribution is -2.46. The Kier molecular flexibility index (Phi) is 10.5. The number of rotatable bonds is 11. The first-order valence-electron chi connectivity index (χ1n) is 16.7. The number of nitrogens with one attached hydrogen (secondary N) is 1. The number of ether oxygens (including phenoxy) is 4. The molecule has 0 aliphatic carbocycles. The molecule has 3 aromatic carbocycles. The van der Waals surface area contributed by atoms with Gasteiger partial charge in [-0.15, -0.1) is 0 Å². The number of amides is 1. The molecule has 13 heteroatoms. The van der Waals surface area contributed by atoms with Crippen LogP contribution in [0.3, 0.4) is 0 Å². The van der Waals surface area contributed by atoms with Gasteiger partial charge >= 0.3 is 0 Å². The molecule has 0 unspecified atom stereocenters. The van der Waals surface area contributed by atoms with Crippen LogP contribution in [0.15, 0.2) is 79.4 Å². The van der Waals surface area contributed by atoms with E-state index >= 15 is 0 Å². The topological polar surface area (TPSA) is 103 Å². The zero-order valence-corrected chi connectivity index (χ0v) is 28.7. The second-order valence-corrected chi connectivity index (χ2v) is 13.5. The van der Waals surface area contributed by atoms with Gasteiger partial charge in [-0.2, -0.15) is 5.10 Å². The number of hydrogen-bond donors (Lipinski definition) is 1. The molecule has 2 atom stereocenters. The molecule has 3 fully saturated rings. The third-order valence-corrected chi connectivity index (χ3v) is 9.83. The van der Waals surface area contributed by atoms with E-state index < -0.39 is 5.79 Å². The molecule has 0 bridgehead atoms. The largest absolute Gasteiger partial charge is 0.491 e. The van der Waals surface area contributed by atoms with E-state index in [1.54, 1.807) is 23.1 Å². The summed E-state index contributed by atoms with van der Waals surface area (Å²) in [4.78, 5) is 21.3. The highest BCUT2D eigenvalue weighted by atomic mass is 35.5. The minimum Gasteiger partial charge on any atom is -0.491 e. The maximum atomic E-state index is 12.5. The van der Waals surface area contributed by atoms with E-state index in [-0.39, 0.29) is 18.6 Å². The number of piperazine rings is 1. The van der Waals surface area contributed by atoms with Crippen molar-refractivity contribution in [1.29, 1.82) is 0 Å². The van der Waals surface area contributed by atoms with Gasteiger partial charge < -0.3 is 34.1 Å². The summed E-state index contributed by atoms with van der Waals surface area (Å²) in [5.74, 6) is 0.0863. The number of nitrogens with zero attached hydrogens (tertiary/aromatic N) is 5. The molecule has 3 saturated heterocycles. The second-order valence-electron chi connectivity index (χ2n) is 12.7. The Morgan fingerprint density at radius 1 is 0.939 bits per heavy atom. The molecular formula is C36H40Cl2N6O5. The van der Waals surface area contributed by atoms with Crippen molar-refractivity contribution in [3.63, 3.8) is 0 Å². The number of carbonyl (C=O) groups is 1. The summed E-state index contributed by atoms with van der Waals surface area (Å²) < 4.78 is 25.9. The highest BCUT2D eigenvalue weighted by Gasteiger charge is 2.45. The van der Waals surface area contributed by atoms with Gasteiger partial charge in [-0.25, -0.2) is 9.67 Å². The number of anilines is 3. The molecule has 1 N–H and O–H groups in total. The Labute approximate surface area is 296 Å². The van der Waals surface area contributed by atoms with Crippen LogP contribution in [0.25, 0.3) is 0 Å². The molecule has 258 valence electrons. The number of benzene rings is 3. The Balaban J connectivity index is 0.884. The number of carbonyl (C=O) groups excluding carboxylic acids is 1. The molecule has 1 amide bonds. The molecule has 3 aliphatic rings. The normalized spacial score (nSPS) is 21.6. The van der Waals surface area contributed by atoms with Crippen molar-refractivity contribution >= 4 is 46.2 Å². The first kappa shape index (κ1) is 33.6. The van der Waals surface area contributed by atoms with Gasteiger partial charge in [0.25, 0.3) is 0 Å². The van der Waals surface area contributed by atoms with Crippen molar-refractivity contribution in [3.05, 3.63) is 95.0 Å². The van der Waals surface area contributed by atoms with Gasteiger partial charge in [-0.3, -0.25) is 4.79 Å².